The number of fused-ring (bicyclic) bond motifs is 1. The third-order valence-corrected chi connectivity index (χ3v) is 4.99. The van der Waals surface area contributed by atoms with Crippen LogP contribution in [-0.4, -0.2) is 27.3 Å². The summed E-state index contributed by atoms with van der Waals surface area (Å²) in [5, 5.41) is 0. The topological polar surface area (TPSA) is 86.0 Å². The first-order valence-electron chi connectivity index (χ1n) is 9.73. The number of benzene rings is 3. The number of aromatic nitrogens is 2. The molecule has 0 saturated heterocycles. The highest BCUT2D eigenvalue weighted by atomic mass is 16.2. The summed E-state index contributed by atoms with van der Waals surface area (Å²) in [6.45, 7) is 1.03. The molecule has 1 aromatic heterocycles. The van der Waals surface area contributed by atoms with Crippen LogP contribution in [-0.2, 0) is 13.0 Å². The monoisotopic (exact) mass is 399 g/mol. The third-order valence-electron chi connectivity index (χ3n) is 4.99. The number of carbonyl (C=O) groups is 1. The van der Waals surface area contributed by atoms with E-state index in [4.69, 9.17) is 0 Å². The molecule has 0 saturated carbocycles. The third kappa shape index (κ3) is 4.38. The molecule has 0 unspecified atom stereocenters. The average molecular weight is 399 g/mol. The number of hydrogen-bond donors (Lipinski definition) is 2. The summed E-state index contributed by atoms with van der Waals surface area (Å²) in [6.07, 6.45) is 0.733. The van der Waals surface area contributed by atoms with Crippen LogP contribution in [0.2, 0.25) is 0 Å². The van der Waals surface area contributed by atoms with Gasteiger partial charge in [-0.05, 0) is 35.7 Å². The van der Waals surface area contributed by atoms with Crippen molar-refractivity contribution in [3.05, 3.63) is 116 Å². The summed E-state index contributed by atoms with van der Waals surface area (Å²) >= 11 is 0. The normalized spacial score (nSPS) is 10.8. The predicted octanol–water partition coefficient (Wildman–Crippen LogP) is 3.10. The minimum absolute atomic E-state index is 0.135. The van der Waals surface area contributed by atoms with E-state index in [9.17, 15) is 14.4 Å². The van der Waals surface area contributed by atoms with E-state index in [1.807, 2.05) is 60.7 Å². The van der Waals surface area contributed by atoms with Crippen molar-refractivity contribution in [1.82, 2.24) is 14.9 Å². The summed E-state index contributed by atoms with van der Waals surface area (Å²) in [6, 6.07) is 24.8. The number of nitrogens with one attached hydrogen (secondary N) is 2. The van der Waals surface area contributed by atoms with E-state index in [0.29, 0.717) is 29.7 Å². The van der Waals surface area contributed by atoms with Gasteiger partial charge in [-0.15, -0.1) is 0 Å². The standard InChI is InChI=1S/C24H21N3O3/c28-22-23(29)26-21-15-19(11-12-20(21)25-22)24(30)27(16-18-9-5-2-6-10-18)14-13-17-7-3-1-4-8-17/h1-12,15H,13-14,16H2,(H,25,28)(H,26,29). The Hall–Kier alpha value is -3.93. The Morgan fingerprint density at radius 1 is 0.733 bits per heavy atom. The van der Waals surface area contributed by atoms with Gasteiger partial charge < -0.3 is 14.9 Å². The molecule has 0 spiro atoms. The van der Waals surface area contributed by atoms with Gasteiger partial charge in [0.25, 0.3) is 5.91 Å². The van der Waals surface area contributed by atoms with Crippen LogP contribution < -0.4 is 11.1 Å². The molecule has 2 N–H and O–H groups in total. The Morgan fingerprint density at radius 2 is 1.33 bits per heavy atom. The van der Waals surface area contributed by atoms with Gasteiger partial charge in [-0.2, -0.15) is 0 Å². The molecule has 6 heteroatoms. The van der Waals surface area contributed by atoms with Crippen LogP contribution in [0.3, 0.4) is 0 Å². The summed E-state index contributed by atoms with van der Waals surface area (Å²) < 4.78 is 0. The van der Waals surface area contributed by atoms with Crippen LogP contribution in [0.4, 0.5) is 0 Å². The highest BCUT2D eigenvalue weighted by molar-refractivity contribution is 5.97. The number of amides is 1. The zero-order valence-corrected chi connectivity index (χ0v) is 16.3. The van der Waals surface area contributed by atoms with Gasteiger partial charge in [-0.3, -0.25) is 14.4 Å². The number of rotatable bonds is 6. The Bertz CT molecular complexity index is 1280. The van der Waals surface area contributed by atoms with E-state index in [-0.39, 0.29) is 5.91 Å². The molecule has 1 heterocycles. The Morgan fingerprint density at radius 3 is 2.00 bits per heavy atom. The second kappa shape index (κ2) is 8.61. The van der Waals surface area contributed by atoms with Gasteiger partial charge in [0.2, 0.25) is 0 Å². The molecule has 0 atom stereocenters. The average Bonchev–Trinajstić information content (AvgIpc) is 2.78. The molecule has 0 aliphatic heterocycles. The highest BCUT2D eigenvalue weighted by Crippen LogP contribution is 2.15. The second-order valence-electron chi connectivity index (χ2n) is 7.12. The fraction of sp³-hybridized carbons (Fsp3) is 0.125. The van der Waals surface area contributed by atoms with Gasteiger partial charge in [0.05, 0.1) is 11.0 Å². The summed E-state index contributed by atoms with van der Waals surface area (Å²) in [5.41, 5.74) is 2.10. The first-order valence-corrected chi connectivity index (χ1v) is 9.73. The lowest BCUT2D eigenvalue weighted by Gasteiger charge is -2.23. The van der Waals surface area contributed by atoms with Crippen molar-refractivity contribution in [2.45, 2.75) is 13.0 Å². The van der Waals surface area contributed by atoms with Crippen molar-refractivity contribution in [2.75, 3.05) is 6.54 Å². The maximum Gasteiger partial charge on any atom is 0.314 e. The van der Waals surface area contributed by atoms with Crippen LogP contribution in [0.15, 0.2) is 88.5 Å². The minimum Gasteiger partial charge on any atom is -0.334 e. The molecule has 0 bridgehead atoms. The molecule has 0 fully saturated rings. The van der Waals surface area contributed by atoms with E-state index in [1.54, 1.807) is 23.1 Å². The zero-order chi connectivity index (χ0) is 20.9. The summed E-state index contributed by atoms with van der Waals surface area (Å²) in [4.78, 5) is 43.3. The van der Waals surface area contributed by atoms with Crippen molar-refractivity contribution < 1.29 is 4.79 Å². The SMILES string of the molecule is O=C(c1ccc2[nH]c(=O)c(=O)[nH]c2c1)N(CCc1ccccc1)Cc1ccccc1. The fourth-order valence-electron chi connectivity index (χ4n) is 3.40. The number of carbonyl (C=O) groups excluding carboxylic acids is 1. The molecule has 1 amide bonds. The Kier molecular flexibility index (Phi) is 5.57. The van der Waals surface area contributed by atoms with E-state index in [0.717, 1.165) is 17.5 Å². The lowest BCUT2D eigenvalue weighted by Crippen LogP contribution is -2.33. The number of hydrogen-bond acceptors (Lipinski definition) is 3. The molecule has 0 aliphatic rings. The molecular weight excluding hydrogens is 378 g/mol. The number of H-pyrrole nitrogens is 2. The van der Waals surface area contributed by atoms with Gasteiger partial charge in [0.1, 0.15) is 0 Å². The van der Waals surface area contributed by atoms with Crippen LogP contribution in [0.25, 0.3) is 11.0 Å². The molecule has 150 valence electrons. The van der Waals surface area contributed by atoms with Crippen molar-refractivity contribution in [3.8, 4) is 0 Å². The minimum atomic E-state index is -0.739. The van der Waals surface area contributed by atoms with Crippen molar-refractivity contribution in [1.29, 1.82) is 0 Å². The second-order valence-corrected chi connectivity index (χ2v) is 7.12. The summed E-state index contributed by atoms with van der Waals surface area (Å²) in [5.74, 6) is -0.135. The molecule has 6 nitrogen and oxygen atoms in total. The molecule has 3 aromatic carbocycles. The predicted molar refractivity (Wildman–Crippen MR) is 117 cm³/mol. The quantitative estimate of drug-likeness (QED) is 0.489. The number of nitrogens with zero attached hydrogens (tertiary/aromatic N) is 1. The van der Waals surface area contributed by atoms with Gasteiger partial charge in [-0.1, -0.05) is 60.7 Å². The number of aromatic amines is 2. The van der Waals surface area contributed by atoms with Crippen LogP contribution >= 0.6 is 0 Å². The first kappa shape index (κ1) is 19.4. The Balaban J connectivity index is 1.63. The largest absolute Gasteiger partial charge is 0.334 e. The van der Waals surface area contributed by atoms with Crippen molar-refractivity contribution in [3.63, 3.8) is 0 Å². The van der Waals surface area contributed by atoms with Crippen LogP contribution in [0.1, 0.15) is 21.5 Å². The molecule has 30 heavy (non-hydrogen) atoms. The fourth-order valence-corrected chi connectivity index (χ4v) is 3.40. The highest BCUT2D eigenvalue weighted by Gasteiger charge is 2.17. The van der Waals surface area contributed by atoms with Crippen LogP contribution in [0, 0.1) is 0 Å². The maximum atomic E-state index is 13.3. The van der Waals surface area contributed by atoms with Crippen molar-refractivity contribution in [2.24, 2.45) is 0 Å². The van der Waals surface area contributed by atoms with E-state index >= 15 is 0 Å². The van der Waals surface area contributed by atoms with E-state index < -0.39 is 11.1 Å². The summed E-state index contributed by atoms with van der Waals surface area (Å²) in [7, 11) is 0. The molecule has 4 aromatic rings. The van der Waals surface area contributed by atoms with Gasteiger partial charge in [0.15, 0.2) is 0 Å². The van der Waals surface area contributed by atoms with Gasteiger partial charge in [-0.25, -0.2) is 0 Å². The molecule has 0 aliphatic carbocycles. The van der Waals surface area contributed by atoms with E-state index in [1.165, 1.54) is 0 Å². The molecular formula is C24H21N3O3. The van der Waals surface area contributed by atoms with Gasteiger partial charge in [0, 0.05) is 18.7 Å². The van der Waals surface area contributed by atoms with E-state index in [2.05, 4.69) is 9.97 Å². The Labute approximate surface area is 172 Å². The maximum absolute atomic E-state index is 13.3. The molecule has 0 radical (unpaired) electrons. The van der Waals surface area contributed by atoms with Gasteiger partial charge >= 0.3 is 11.1 Å². The lowest BCUT2D eigenvalue weighted by atomic mass is 10.1. The van der Waals surface area contributed by atoms with Crippen molar-refractivity contribution >= 4 is 16.9 Å². The first-order chi connectivity index (χ1) is 14.6. The van der Waals surface area contributed by atoms with Crippen LogP contribution in [0.5, 0.6) is 0 Å². The smallest absolute Gasteiger partial charge is 0.314 e. The lowest BCUT2D eigenvalue weighted by molar-refractivity contribution is 0.0745. The zero-order valence-electron chi connectivity index (χ0n) is 16.3. The molecule has 4 rings (SSSR count).